The average molecular weight is 765 g/mol. The zero-order valence-corrected chi connectivity index (χ0v) is 29.4. The van der Waals surface area contributed by atoms with E-state index in [-0.39, 0.29) is 0 Å². The molecule has 5 heterocycles. The molecule has 5 rings (SSSR count). The lowest BCUT2D eigenvalue weighted by Gasteiger charge is -2.49. The van der Waals surface area contributed by atoms with Crippen LogP contribution >= 0.6 is 12.6 Å². The summed E-state index contributed by atoms with van der Waals surface area (Å²) < 4.78 is 51.9. The van der Waals surface area contributed by atoms with Gasteiger partial charge >= 0.3 is 0 Å². The largest absolute Gasteiger partial charge is 0.388 e. The van der Waals surface area contributed by atoms with Gasteiger partial charge in [-0.3, -0.25) is 0 Å². The van der Waals surface area contributed by atoms with E-state index in [1.54, 1.807) is 0 Å². The topological polar surface area (TPSA) is 306 Å². The van der Waals surface area contributed by atoms with Gasteiger partial charge in [0.25, 0.3) is 0 Å². The van der Waals surface area contributed by atoms with Crippen LogP contribution in [0.15, 0.2) is 0 Å². The van der Waals surface area contributed by atoms with Crippen molar-refractivity contribution >= 4 is 12.6 Å². The zero-order chi connectivity index (χ0) is 37.8. The van der Waals surface area contributed by atoms with E-state index in [4.69, 9.17) is 42.6 Å². The molecule has 0 radical (unpaired) electrons. The molecule has 0 aromatic carbocycles. The van der Waals surface area contributed by atoms with Crippen molar-refractivity contribution in [3.8, 4) is 0 Å². The number of rotatable bonds is 8. The fourth-order valence-electron chi connectivity index (χ4n) is 6.70. The highest BCUT2D eigenvalue weighted by molar-refractivity contribution is 7.80. The second kappa shape index (κ2) is 16.7. The summed E-state index contributed by atoms with van der Waals surface area (Å²) >= 11 is 4.31. The minimum Gasteiger partial charge on any atom is -0.388 e. The predicted octanol–water partition coefficient (Wildman–Crippen LogP) is -5.85. The van der Waals surface area contributed by atoms with Gasteiger partial charge in [0.2, 0.25) is 0 Å². The molecule has 25 atom stereocenters. The first-order chi connectivity index (χ1) is 23.8. The Kier molecular flexibility index (Phi) is 13.7. The number of hydrogen-bond donors (Lipinski definition) is 12. The molecule has 0 unspecified atom stereocenters. The Morgan fingerprint density at radius 2 is 0.627 bits per heavy atom. The summed E-state index contributed by atoms with van der Waals surface area (Å²) in [6, 6.07) is 0. The number of ether oxygens (including phenoxy) is 9. The smallest absolute Gasteiger partial charge is 0.187 e. The molecule has 0 saturated carbocycles. The predicted molar refractivity (Wildman–Crippen MR) is 166 cm³/mol. The molecule has 298 valence electrons. The molecule has 51 heavy (non-hydrogen) atoms. The van der Waals surface area contributed by atoms with E-state index in [0.29, 0.717) is 0 Å². The van der Waals surface area contributed by atoms with Crippen LogP contribution in [0.3, 0.4) is 0 Å². The number of aliphatic hydroxyl groups excluding tert-OH is 11. The van der Waals surface area contributed by atoms with Crippen molar-refractivity contribution < 1.29 is 98.8 Å². The SMILES string of the molecule is C[C@@H]1O[C@@H](O[C@@H]2[C@@H](O)[C@H](C)O[C@@H](O[C@H]3[C@H](O[C@H]4[C@H](O[C@@H]5[C@H](O)[C@@H](O)[C@H](C)O[C@@H]5S)O[C@@H](C)[C@H](O)[C@H]4O)O[C@@H](C)[C@H](O)[C@H]3O)[C@@H]2O)[C@H](O)[C@H](O)[C@H]1O. The molecule has 5 aliphatic heterocycles. The first-order valence-corrected chi connectivity index (χ1v) is 17.4. The second-order valence-corrected chi connectivity index (χ2v) is 14.4. The molecule has 20 nitrogen and oxygen atoms in total. The second-order valence-electron chi connectivity index (χ2n) is 13.9. The van der Waals surface area contributed by atoms with Gasteiger partial charge in [0.1, 0.15) is 97.0 Å². The van der Waals surface area contributed by atoms with Crippen LogP contribution in [0.5, 0.6) is 0 Å². The van der Waals surface area contributed by atoms with Crippen LogP contribution in [0.4, 0.5) is 0 Å². The molecule has 0 aromatic heterocycles. The van der Waals surface area contributed by atoms with Crippen LogP contribution in [0.1, 0.15) is 34.6 Å². The lowest BCUT2D eigenvalue weighted by Crippen LogP contribution is -2.67. The fourth-order valence-corrected chi connectivity index (χ4v) is 7.13. The van der Waals surface area contributed by atoms with E-state index in [0.717, 1.165) is 0 Å². The molecule has 0 aromatic rings. The molecular weight excluding hydrogens is 712 g/mol. The molecular formula is C30H52O20S. The van der Waals surface area contributed by atoms with E-state index in [1.165, 1.54) is 34.6 Å². The van der Waals surface area contributed by atoms with Crippen molar-refractivity contribution in [1.82, 2.24) is 0 Å². The molecule has 0 bridgehead atoms. The van der Waals surface area contributed by atoms with Crippen LogP contribution in [-0.2, 0) is 42.6 Å². The van der Waals surface area contributed by atoms with Crippen LogP contribution in [0, 0.1) is 0 Å². The standard InChI is InChI=1S/C30H52O20S/c1-6-11(31)16(36)20(40)26(42-6)47-22-15(35)10(5)43-27(21(22)41)48-23-17(37)12(32)7(2)44-28(23)49-24-18(38)13(33)8(3)45-29(24)50-25-19(39)14(34)9(4)46-30(25)51/h6-41,51H,1-5H3/t6-,7-,8-,9-,10-,11-,12-,13-,14-,15-,16+,17+,18+,19+,20+,21+,22+,23+,24+,25+,26-,27-,28-,29-,30+/m0/s1. The Hall–Kier alpha value is -0.450. The Bertz CT molecular complexity index is 1130. The Labute approximate surface area is 298 Å². The first kappa shape index (κ1) is 41.7. The minimum absolute atomic E-state index is 0.801. The summed E-state index contributed by atoms with van der Waals surface area (Å²) in [5.74, 6) is 0. The van der Waals surface area contributed by atoms with Crippen LogP contribution in [0.2, 0.25) is 0 Å². The summed E-state index contributed by atoms with van der Waals surface area (Å²) in [5, 5.41) is 118. The fraction of sp³-hybridized carbons (Fsp3) is 1.00. The van der Waals surface area contributed by atoms with Crippen molar-refractivity contribution in [3.63, 3.8) is 0 Å². The summed E-state index contributed by atoms with van der Waals surface area (Å²) in [6.07, 6.45) is -35.9. The van der Waals surface area contributed by atoms with E-state index >= 15 is 0 Å². The van der Waals surface area contributed by atoms with E-state index in [9.17, 15) is 56.2 Å². The van der Waals surface area contributed by atoms with Crippen LogP contribution < -0.4 is 0 Å². The monoisotopic (exact) mass is 764 g/mol. The Balaban J connectivity index is 1.36. The minimum atomic E-state index is -1.88. The first-order valence-electron chi connectivity index (χ1n) is 16.9. The van der Waals surface area contributed by atoms with Crippen molar-refractivity contribution in [2.24, 2.45) is 0 Å². The number of hydrogen-bond acceptors (Lipinski definition) is 21. The van der Waals surface area contributed by atoms with Gasteiger partial charge in [-0.1, -0.05) is 0 Å². The van der Waals surface area contributed by atoms with Gasteiger partial charge in [0, 0.05) is 0 Å². The van der Waals surface area contributed by atoms with Gasteiger partial charge in [0.15, 0.2) is 25.2 Å². The lowest BCUT2D eigenvalue weighted by molar-refractivity contribution is -0.400. The summed E-state index contributed by atoms with van der Waals surface area (Å²) in [7, 11) is 0. The van der Waals surface area contributed by atoms with Gasteiger partial charge in [-0.05, 0) is 34.6 Å². The van der Waals surface area contributed by atoms with Gasteiger partial charge in [0.05, 0.1) is 30.5 Å². The maximum absolute atomic E-state index is 11.3. The third-order valence-corrected chi connectivity index (χ3v) is 10.5. The van der Waals surface area contributed by atoms with E-state index in [1.807, 2.05) is 0 Å². The molecule has 11 N–H and O–H groups in total. The maximum atomic E-state index is 11.3. The molecule has 0 aliphatic carbocycles. The van der Waals surface area contributed by atoms with E-state index < -0.39 is 153 Å². The zero-order valence-electron chi connectivity index (χ0n) is 28.5. The Morgan fingerprint density at radius 3 is 1.12 bits per heavy atom. The van der Waals surface area contributed by atoms with Gasteiger partial charge in [-0.2, -0.15) is 0 Å². The molecule has 21 heteroatoms. The molecule has 0 spiro atoms. The summed E-state index contributed by atoms with van der Waals surface area (Å²) in [6.45, 7) is 7.17. The summed E-state index contributed by atoms with van der Waals surface area (Å²) in [5.41, 5.74) is -1.07. The third kappa shape index (κ3) is 8.39. The number of aliphatic hydroxyl groups is 11. The average Bonchev–Trinajstić information content (AvgIpc) is 3.08. The lowest BCUT2D eigenvalue weighted by atomic mass is 9.96. The van der Waals surface area contributed by atoms with Gasteiger partial charge < -0.3 is 98.8 Å². The van der Waals surface area contributed by atoms with Crippen molar-refractivity contribution in [3.05, 3.63) is 0 Å². The summed E-state index contributed by atoms with van der Waals surface area (Å²) in [4.78, 5) is 0. The van der Waals surface area contributed by atoms with E-state index in [2.05, 4.69) is 12.6 Å². The highest BCUT2D eigenvalue weighted by Crippen LogP contribution is 2.36. The third-order valence-electron chi connectivity index (χ3n) is 10.1. The quantitative estimate of drug-likeness (QED) is 0.102. The van der Waals surface area contributed by atoms with Crippen molar-refractivity contribution in [1.29, 1.82) is 0 Å². The highest BCUT2D eigenvalue weighted by Gasteiger charge is 2.55. The van der Waals surface area contributed by atoms with Crippen LogP contribution in [0.25, 0.3) is 0 Å². The normalized spacial score (nSPS) is 57.2. The van der Waals surface area contributed by atoms with Gasteiger partial charge in [-0.25, -0.2) is 0 Å². The maximum Gasteiger partial charge on any atom is 0.187 e. The molecule has 0 amide bonds. The van der Waals surface area contributed by atoms with Crippen molar-refractivity contribution in [2.75, 3.05) is 0 Å². The highest BCUT2D eigenvalue weighted by atomic mass is 32.1. The molecule has 5 fully saturated rings. The van der Waals surface area contributed by atoms with Gasteiger partial charge in [-0.15, -0.1) is 12.6 Å². The van der Waals surface area contributed by atoms with Crippen LogP contribution in [-0.4, -0.2) is 209 Å². The Morgan fingerprint density at radius 1 is 0.314 bits per heavy atom. The molecule has 5 aliphatic rings. The number of thiol groups is 1. The molecule has 5 saturated heterocycles. The van der Waals surface area contributed by atoms with Crippen molar-refractivity contribution in [2.45, 2.75) is 187 Å².